The summed E-state index contributed by atoms with van der Waals surface area (Å²) in [7, 11) is 0. The molecular formula is C20H24N2. The molecule has 2 aliphatic rings. The average molecular weight is 292 g/mol. The molecule has 2 heteroatoms. The number of benzene rings is 2. The van der Waals surface area contributed by atoms with Gasteiger partial charge in [0.15, 0.2) is 0 Å². The van der Waals surface area contributed by atoms with Crippen molar-refractivity contribution in [3.05, 3.63) is 54.1 Å². The Bertz CT molecular complexity index is 673. The summed E-state index contributed by atoms with van der Waals surface area (Å²) < 4.78 is 0. The minimum Gasteiger partial charge on any atom is -0.371 e. The van der Waals surface area contributed by atoms with Crippen LogP contribution in [0.15, 0.2) is 48.5 Å². The van der Waals surface area contributed by atoms with E-state index in [-0.39, 0.29) is 0 Å². The number of rotatable bonds is 3. The Labute approximate surface area is 132 Å². The van der Waals surface area contributed by atoms with Gasteiger partial charge in [0.1, 0.15) is 0 Å². The lowest BCUT2D eigenvalue weighted by atomic mass is 9.94. The number of hydrogen-bond acceptors (Lipinski definition) is 2. The number of nitrogens with two attached hydrogens (primary N) is 1. The van der Waals surface area contributed by atoms with Crippen molar-refractivity contribution in [2.75, 3.05) is 18.0 Å². The normalized spacial score (nSPS) is 19.4. The topological polar surface area (TPSA) is 29.3 Å². The second kappa shape index (κ2) is 5.44. The van der Waals surface area contributed by atoms with E-state index >= 15 is 0 Å². The van der Waals surface area contributed by atoms with Gasteiger partial charge < -0.3 is 10.6 Å². The molecule has 2 nitrogen and oxygen atoms in total. The first kappa shape index (κ1) is 13.8. The highest BCUT2D eigenvalue weighted by Gasteiger charge is 2.45. The molecule has 2 N–H and O–H groups in total. The largest absolute Gasteiger partial charge is 0.371 e. The van der Waals surface area contributed by atoms with Crippen LogP contribution in [-0.2, 0) is 6.54 Å². The quantitative estimate of drug-likeness (QED) is 0.919. The Balaban J connectivity index is 1.62. The fraction of sp³-hybridized carbons (Fsp3) is 0.400. The zero-order valence-electron chi connectivity index (χ0n) is 13.1. The van der Waals surface area contributed by atoms with Crippen LogP contribution < -0.4 is 10.6 Å². The minimum atomic E-state index is 0.599. The molecule has 1 aliphatic carbocycles. The summed E-state index contributed by atoms with van der Waals surface area (Å²) in [5.41, 5.74) is 11.6. The molecule has 0 amide bonds. The Morgan fingerprint density at radius 2 is 1.73 bits per heavy atom. The average Bonchev–Trinajstić information content (AvgIpc) is 3.33. The molecule has 0 atom stereocenters. The Morgan fingerprint density at radius 1 is 0.955 bits per heavy atom. The van der Waals surface area contributed by atoms with Crippen LogP contribution in [0.2, 0.25) is 0 Å². The molecule has 1 spiro atoms. The van der Waals surface area contributed by atoms with E-state index in [0.29, 0.717) is 12.0 Å². The van der Waals surface area contributed by atoms with Crippen molar-refractivity contribution in [1.82, 2.24) is 0 Å². The number of hydrogen-bond donors (Lipinski definition) is 1. The third kappa shape index (κ3) is 2.64. The van der Waals surface area contributed by atoms with Gasteiger partial charge in [0.2, 0.25) is 0 Å². The highest BCUT2D eigenvalue weighted by Crippen LogP contribution is 2.52. The van der Waals surface area contributed by atoms with Gasteiger partial charge in [0.25, 0.3) is 0 Å². The number of anilines is 1. The molecule has 2 aromatic carbocycles. The van der Waals surface area contributed by atoms with Gasteiger partial charge in [-0.05, 0) is 66.0 Å². The third-order valence-corrected chi connectivity index (χ3v) is 5.33. The summed E-state index contributed by atoms with van der Waals surface area (Å²) >= 11 is 0. The Kier molecular flexibility index (Phi) is 3.42. The van der Waals surface area contributed by atoms with Gasteiger partial charge in [-0.1, -0.05) is 30.3 Å². The van der Waals surface area contributed by atoms with Crippen molar-refractivity contribution in [2.24, 2.45) is 11.1 Å². The summed E-state index contributed by atoms with van der Waals surface area (Å²) in [5.74, 6) is 0. The van der Waals surface area contributed by atoms with E-state index in [9.17, 15) is 0 Å². The van der Waals surface area contributed by atoms with E-state index in [1.807, 2.05) is 0 Å². The monoisotopic (exact) mass is 292 g/mol. The molecule has 0 unspecified atom stereocenters. The standard InChI is InChI=1S/C20H24N2/c21-14-16-4-1-5-17(12-16)18-6-2-7-19(13-18)22-11-3-8-20(15-22)9-10-20/h1-2,4-7,12-13H,3,8-11,14-15,21H2. The minimum absolute atomic E-state index is 0.599. The van der Waals surface area contributed by atoms with Gasteiger partial charge in [-0.25, -0.2) is 0 Å². The fourth-order valence-electron chi connectivity index (χ4n) is 3.77. The maximum absolute atomic E-state index is 5.77. The maximum Gasteiger partial charge on any atom is 0.0372 e. The van der Waals surface area contributed by atoms with Crippen LogP contribution in [0.5, 0.6) is 0 Å². The van der Waals surface area contributed by atoms with Crippen molar-refractivity contribution in [1.29, 1.82) is 0 Å². The van der Waals surface area contributed by atoms with Crippen molar-refractivity contribution >= 4 is 5.69 Å². The van der Waals surface area contributed by atoms with E-state index < -0.39 is 0 Å². The summed E-state index contributed by atoms with van der Waals surface area (Å²) in [6.07, 6.45) is 5.64. The van der Waals surface area contributed by atoms with E-state index in [1.54, 1.807) is 0 Å². The van der Waals surface area contributed by atoms with Crippen LogP contribution in [0.3, 0.4) is 0 Å². The van der Waals surface area contributed by atoms with E-state index in [4.69, 9.17) is 5.73 Å². The first-order valence-electron chi connectivity index (χ1n) is 8.42. The van der Waals surface area contributed by atoms with E-state index in [0.717, 1.165) is 0 Å². The molecule has 22 heavy (non-hydrogen) atoms. The van der Waals surface area contributed by atoms with E-state index in [1.165, 1.54) is 61.2 Å². The van der Waals surface area contributed by atoms with E-state index in [2.05, 4.69) is 53.4 Å². The summed E-state index contributed by atoms with van der Waals surface area (Å²) in [4.78, 5) is 2.59. The molecule has 0 radical (unpaired) electrons. The zero-order valence-corrected chi connectivity index (χ0v) is 13.1. The summed E-state index contributed by atoms with van der Waals surface area (Å²) in [6.45, 7) is 3.05. The smallest absolute Gasteiger partial charge is 0.0372 e. The number of piperidine rings is 1. The molecule has 0 bridgehead atoms. The number of nitrogens with zero attached hydrogens (tertiary/aromatic N) is 1. The molecule has 1 saturated carbocycles. The molecule has 114 valence electrons. The highest BCUT2D eigenvalue weighted by atomic mass is 15.1. The lowest BCUT2D eigenvalue weighted by Crippen LogP contribution is -2.36. The molecule has 4 rings (SSSR count). The molecule has 2 fully saturated rings. The van der Waals surface area contributed by atoms with Crippen LogP contribution in [0.4, 0.5) is 5.69 Å². The second-order valence-electron chi connectivity index (χ2n) is 6.98. The predicted octanol–water partition coefficient (Wildman–Crippen LogP) is 4.19. The van der Waals surface area contributed by atoms with Crippen LogP contribution in [0, 0.1) is 5.41 Å². The molecule has 1 aliphatic heterocycles. The van der Waals surface area contributed by atoms with Gasteiger partial charge in [-0.2, -0.15) is 0 Å². The van der Waals surface area contributed by atoms with Crippen molar-refractivity contribution in [2.45, 2.75) is 32.2 Å². The summed E-state index contributed by atoms with van der Waals surface area (Å²) in [6, 6.07) is 17.6. The van der Waals surface area contributed by atoms with Crippen molar-refractivity contribution in [3.8, 4) is 11.1 Å². The molecule has 1 heterocycles. The van der Waals surface area contributed by atoms with Crippen LogP contribution in [0.25, 0.3) is 11.1 Å². The van der Waals surface area contributed by atoms with Crippen LogP contribution >= 0.6 is 0 Å². The van der Waals surface area contributed by atoms with Gasteiger partial charge in [0.05, 0.1) is 0 Å². The molecule has 2 aromatic rings. The maximum atomic E-state index is 5.77. The van der Waals surface area contributed by atoms with Crippen molar-refractivity contribution in [3.63, 3.8) is 0 Å². The highest BCUT2D eigenvalue weighted by molar-refractivity contribution is 5.69. The zero-order chi connectivity index (χ0) is 15.0. The predicted molar refractivity (Wildman–Crippen MR) is 92.9 cm³/mol. The Morgan fingerprint density at radius 3 is 2.50 bits per heavy atom. The molecular weight excluding hydrogens is 268 g/mol. The van der Waals surface area contributed by atoms with Gasteiger partial charge in [-0.3, -0.25) is 0 Å². The first-order chi connectivity index (χ1) is 10.8. The summed E-state index contributed by atoms with van der Waals surface area (Å²) in [5, 5.41) is 0. The van der Waals surface area contributed by atoms with Gasteiger partial charge in [0, 0.05) is 25.3 Å². The lowest BCUT2D eigenvalue weighted by molar-refractivity contribution is 0.395. The SMILES string of the molecule is NCc1cccc(-c2cccc(N3CCCC4(CC4)C3)c2)c1. The first-order valence-corrected chi connectivity index (χ1v) is 8.42. The van der Waals surface area contributed by atoms with Gasteiger partial charge >= 0.3 is 0 Å². The molecule has 1 saturated heterocycles. The van der Waals surface area contributed by atoms with Gasteiger partial charge in [-0.15, -0.1) is 0 Å². The lowest BCUT2D eigenvalue weighted by Gasteiger charge is -2.35. The third-order valence-electron chi connectivity index (χ3n) is 5.33. The van der Waals surface area contributed by atoms with Crippen LogP contribution in [-0.4, -0.2) is 13.1 Å². The fourth-order valence-corrected chi connectivity index (χ4v) is 3.77. The van der Waals surface area contributed by atoms with Crippen molar-refractivity contribution < 1.29 is 0 Å². The molecule has 0 aromatic heterocycles. The second-order valence-corrected chi connectivity index (χ2v) is 6.98. The van der Waals surface area contributed by atoms with Crippen LogP contribution in [0.1, 0.15) is 31.2 Å². The Hall–Kier alpha value is -1.80.